The Morgan fingerprint density at radius 1 is 1.27 bits per heavy atom. The summed E-state index contributed by atoms with van der Waals surface area (Å²) in [5, 5.41) is 0.996. The van der Waals surface area contributed by atoms with Crippen molar-refractivity contribution in [1.82, 2.24) is 4.98 Å². The molecule has 6 heteroatoms. The summed E-state index contributed by atoms with van der Waals surface area (Å²) in [4.78, 5) is 27.6. The third-order valence-corrected chi connectivity index (χ3v) is 5.16. The van der Waals surface area contributed by atoms with Gasteiger partial charge in [0, 0.05) is 23.5 Å². The Morgan fingerprint density at radius 3 is 2.77 bits per heavy atom. The molecular formula is C20H26N2O4. The van der Waals surface area contributed by atoms with Gasteiger partial charge in [-0.25, -0.2) is 9.59 Å². The van der Waals surface area contributed by atoms with Crippen LogP contribution in [0.2, 0.25) is 0 Å². The predicted octanol–water partition coefficient (Wildman–Crippen LogP) is 3.69. The fourth-order valence-corrected chi connectivity index (χ4v) is 3.54. The van der Waals surface area contributed by atoms with E-state index in [1.54, 1.807) is 6.92 Å². The summed E-state index contributed by atoms with van der Waals surface area (Å²) in [7, 11) is 0. The van der Waals surface area contributed by atoms with Gasteiger partial charge in [-0.3, -0.25) is 0 Å². The number of aromatic nitrogens is 1. The Balaban J connectivity index is 1.61. The van der Waals surface area contributed by atoms with E-state index in [0.717, 1.165) is 42.1 Å². The molecular weight excluding hydrogens is 332 g/mol. The minimum atomic E-state index is -1.33. The number of nitrogens with two attached hydrogens (primary N) is 1. The molecule has 6 nitrogen and oxygen atoms in total. The standard InChI is InChI=1S/C20H26N2O4/c1-13-7-3-6-10-17(13)25-19(24)26-18(23)20(2,21)11-14-12-22-16-9-5-4-8-15(14)16/h4-5,8-9,12-13,17,22H,3,6-7,10-11,21H2,1-2H3/t13-,17-,20?/m1/s1. The Labute approximate surface area is 153 Å². The largest absolute Gasteiger partial charge is 0.516 e. The Morgan fingerprint density at radius 2 is 2.00 bits per heavy atom. The van der Waals surface area contributed by atoms with Crippen LogP contribution in [0.1, 0.15) is 45.1 Å². The molecule has 0 amide bonds. The number of carbonyl (C=O) groups excluding carboxylic acids is 2. The summed E-state index contributed by atoms with van der Waals surface area (Å²) >= 11 is 0. The van der Waals surface area contributed by atoms with Gasteiger partial charge in [-0.05, 0) is 43.7 Å². The van der Waals surface area contributed by atoms with E-state index in [1.165, 1.54) is 0 Å². The molecule has 0 radical (unpaired) electrons. The maximum absolute atomic E-state index is 12.4. The first-order valence-electron chi connectivity index (χ1n) is 9.13. The summed E-state index contributed by atoms with van der Waals surface area (Å²) in [6.07, 6.45) is 4.91. The number of nitrogens with one attached hydrogen (secondary N) is 1. The quantitative estimate of drug-likeness (QED) is 0.642. The number of hydrogen-bond acceptors (Lipinski definition) is 5. The topological polar surface area (TPSA) is 94.4 Å². The highest BCUT2D eigenvalue weighted by atomic mass is 16.7. The maximum atomic E-state index is 12.4. The molecule has 3 atom stereocenters. The third-order valence-electron chi connectivity index (χ3n) is 5.16. The fourth-order valence-electron chi connectivity index (χ4n) is 3.54. The molecule has 1 unspecified atom stereocenters. The zero-order valence-corrected chi connectivity index (χ0v) is 15.3. The molecule has 1 aromatic carbocycles. The van der Waals surface area contributed by atoms with Crippen molar-refractivity contribution in [2.75, 3.05) is 0 Å². The first-order chi connectivity index (χ1) is 12.4. The van der Waals surface area contributed by atoms with E-state index in [0.29, 0.717) is 0 Å². The smallest absolute Gasteiger partial charge is 0.430 e. The number of ether oxygens (including phenoxy) is 2. The van der Waals surface area contributed by atoms with Gasteiger partial charge in [-0.15, -0.1) is 0 Å². The van der Waals surface area contributed by atoms with Gasteiger partial charge in [0.2, 0.25) is 0 Å². The second kappa shape index (κ2) is 7.50. The molecule has 0 aliphatic heterocycles. The molecule has 2 aromatic rings. The maximum Gasteiger partial charge on any atom is 0.516 e. The van der Waals surface area contributed by atoms with Crippen molar-refractivity contribution < 1.29 is 19.1 Å². The van der Waals surface area contributed by atoms with Crippen LogP contribution < -0.4 is 5.73 Å². The highest BCUT2D eigenvalue weighted by Gasteiger charge is 2.35. The highest BCUT2D eigenvalue weighted by Crippen LogP contribution is 2.27. The van der Waals surface area contributed by atoms with Crippen molar-refractivity contribution >= 4 is 23.0 Å². The average Bonchev–Trinajstić information content (AvgIpc) is 2.99. The minimum absolute atomic E-state index is 0.193. The van der Waals surface area contributed by atoms with Gasteiger partial charge in [-0.2, -0.15) is 0 Å². The monoisotopic (exact) mass is 358 g/mol. The minimum Gasteiger partial charge on any atom is -0.430 e. The number of esters is 1. The van der Waals surface area contributed by atoms with Crippen molar-refractivity contribution in [2.45, 2.75) is 57.6 Å². The molecule has 140 valence electrons. The van der Waals surface area contributed by atoms with Crippen molar-refractivity contribution in [2.24, 2.45) is 11.7 Å². The van der Waals surface area contributed by atoms with Gasteiger partial charge >= 0.3 is 12.1 Å². The van der Waals surface area contributed by atoms with Crippen molar-refractivity contribution in [3.05, 3.63) is 36.0 Å². The fraction of sp³-hybridized carbons (Fsp3) is 0.500. The Hall–Kier alpha value is -2.34. The molecule has 1 saturated carbocycles. The highest BCUT2D eigenvalue weighted by molar-refractivity contribution is 5.90. The van der Waals surface area contributed by atoms with E-state index in [2.05, 4.69) is 4.98 Å². The van der Waals surface area contributed by atoms with Crippen LogP contribution in [0.3, 0.4) is 0 Å². The summed E-state index contributed by atoms with van der Waals surface area (Å²) < 4.78 is 10.2. The van der Waals surface area contributed by atoms with Gasteiger partial charge in [0.05, 0.1) is 0 Å². The van der Waals surface area contributed by atoms with E-state index >= 15 is 0 Å². The molecule has 1 heterocycles. The lowest BCUT2D eigenvalue weighted by Gasteiger charge is -2.28. The van der Waals surface area contributed by atoms with Crippen LogP contribution in [-0.4, -0.2) is 28.8 Å². The van der Waals surface area contributed by atoms with Crippen LogP contribution in [0.25, 0.3) is 10.9 Å². The van der Waals surface area contributed by atoms with Crippen molar-refractivity contribution in [3.63, 3.8) is 0 Å². The van der Waals surface area contributed by atoms with Crippen LogP contribution in [-0.2, 0) is 20.7 Å². The van der Waals surface area contributed by atoms with Gasteiger partial charge in [-0.1, -0.05) is 31.5 Å². The van der Waals surface area contributed by atoms with Crippen LogP contribution in [0.15, 0.2) is 30.5 Å². The Kier molecular flexibility index (Phi) is 5.32. The summed E-state index contributed by atoms with van der Waals surface area (Å²) in [6.45, 7) is 3.61. The molecule has 1 aliphatic carbocycles. The number of aromatic amines is 1. The zero-order valence-electron chi connectivity index (χ0n) is 15.3. The number of para-hydroxylation sites is 1. The van der Waals surface area contributed by atoms with Gasteiger partial charge in [0.1, 0.15) is 11.6 Å². The van der Waals surface area contributed by atoms with E-state index in [9.17, 15) is 9.59 Å². The zero-order chi connectivity index (χ0) is 18.7. The predicted molar refractivity (Wildman–Crippen MR) is 98.6 cm³/mol. The Bertz CT molecular complexity index is 796. The molecule has 1 fully saturated rings. The lowest BCUT2D eigenvalue weighted by molar-refractivity contribution is -0.146. The van der Waals surface area contributed by atoms with Crippen molar-refractivity contribution in [3.8, 4) is 0 Å². The van der Waals surface area contributed by atoms with E-state index in [4.69, 9.17) is 15.2 Å². The molecule has 0 bridgehead atoms. The SMILES string of the molecule is C[C@@H]1CCCC[C@H]1OC(=O)OC(=O)C(C)(N)Cc1c[nH]c2ccccc12. The number of H-pyrrole nitrogens is 1. The number of carbonyl (C=O) groups is 2. The van der Waals surface area contributed by atoms with Crippen LogP contribution in [0.4, 0.5) is 4.79 Å². The van der Waals surface area contributed by atoms with Gasteiger partial charge < -0.3 is 20.2 Å². The number of fused-ring (bicyclic) bond motifs is 1. The summed E-state index contributed by atoms with van der Waals surface area (Å²) in [5.41, 5.74) is 6.69. The second-order valence-electron chi connectivity index (χ2n) is 7.51. The van der Waals surface area contributed by atoms with Crippen LogP contribution in [0.5, 0.6) is 0 Å². The summed E-state index contributed by atoms with van der Waals surface area (Å²) in [5.74, 6) is -0.502. The number of rotatable bonds is 4. The summed E-state index contributed by atoms with van der Waals surface area (Å²) in [6, 6.07) is 7.77. The molecule has 1 aliphatic rings. The van der Waals surface area contributed by atoms with E-state index in [-0.39, 0.29) is 18.4 Å². The van der Waals surface area contributed by atoms with E-state index in [1.807, 2.05) is 37.4 Å². The average molecular weight is 358 g/mol. The number of benzene rings is 1. The molecule has 3 rings (SSSR count). The van der Waals surface area contributed by atoms with Crippen molar-refractivity contribution in [1.29, 1.82) is 0 Å². The van der Waals surface area contributed by atoms with Crippen LogP contribution >= 0.6 is 0 Å². The second-order valence-corrected chi connectivity index (χ2v) is 7.51. The molecule has 0 spiro atoms. The van der Waals surface area contributed by atoms with Crippen LogP contribution in [0, 0.1) is 5.92 Å². The van der Waals surface area contributed by atoms with E-state index < -0.39 is 17.7 Å². The lowest BCUT2D eigenvalue weighted by Crippen LogP contribution is -2.49. The normalized spacial score (nSPS) is 22.6. The molecule has 1 aromatic heterocycles. The lowest BCUT2D eigenvalue weighted by atomic mass is 9.88. The molecule has 0 saturated heterocycles. The molecule has 26 heavy (non-hydrogen) atoms. The third kappa shape index (κ3) is 4.07. The first-order valence-corrected chi connectivity index (χ1v) is 9.13. The van der Waals surface area contributed by atoms with Gasteiger partial charge in [0.15, 0.2) is 0 Å². The number of hydrogen-bond donors (Lipinski definition) is 2. The van der Waals surface area contributed by atoms with Gasteiger partial charge in [0.25, 0.3) is 0 Å². The molecule has 3 N–H and O–H groups in total. The first kappa shape index (κ1) is 18.5.